The lowest BCUT2D eigenvalue weighted by molar-refractivity contribution is 0.0985. The van der Waals surface area contributed by atoms with Crippen LogP contribution in [0.15, 0.2) is 42.7 Å². The number of H-pyrrole nitrogens is 1. The minimum Gasteiger partial charge on any atom is -0.750 e. The molecule has 1 aliphatic rings. The first-order chi connectivity index (χ1) is 14.5. The summed E-state index contributed by atoms with van der Waals surface area (Å²) in [5, 5.41) is 6.81. The highest BCUT2D eigenvalue weighted by atomic mass is 32.2. The number of rotatable bonds is 6. The molecular weight excluding hydrogens is 406 g/mol. The maximum Gasteiger partial charge on any atom is 0.161 e. The summed E-state index contributed by atoms with van der Waals surface area (Å²) < 4.78 is 32.6. The van der Waals surface area contributed by atoms with Crippen molar-refractivity contribution in [2.24, 2.45) is 0 Å². The van der Waals surface area contributed by atoms with Gasteiger partial charge in [0.1, 0.15) is 11.9 Å². The summed E-state index contributed by atoms with van der Waals surface area (Å²) in [5.74, 6) is 1.21. The van der Waals surface area contributed by atoms with E-state index in [1.807, 2.05) is 30.5 Å². The van der Waals surface area contributed by atoms with Crippen LogP contribution in [0.3, 0.4) is 0 Å². The van der Waals surface area contributed by atoms with Crippen molar-refractivity contribution >= 4 is 17.2 Å². The van der Waals surface area contributed by atoms with E-state index in [9.17, 15) is 8.76 Å². The third-order valence-electron chi connectivity index (χ3n) is 4.99. The number of hydrogen-bond donors (Lipinski definition) is 1. The van der Waals surface area contributed by atoms with E-state index in [1.165, 1.54) is 0 Å². The van der Waals surface area contributed by atoms with Crippen LogP contribution < -0.4 is 4.90 Å². The van der Waals surface area contributed by atoms with Crippen LogP contribution >= 0.6 is 0 Å². The van der Waals surface area contributed by atoms with Crippen LogP contribution in [0.2, 0.25) is 0 Å². The van der Waals surface area contributed by atoms with Gasteiger partial charge in [-0.1, -0.05) is 18.2 Å². The van der Waals surface area contributed by atoms with Crippen molar-refractivity contribution in [1.29, 1.82) is 0 Å². The Morgan fingerprint density at radius 2 is 2.13 bits per heavy atom. The lowest BCUT2D eigenvalue weighted by Gasteiger charge is -2.34. The maximum atomic E-state index is 11.1. The molecule has 2 unspecified atom stereocenters. The molecule has 0 spiro atoms. The first-order valence-electron chi connectivity index (χ1n) is 9.60. The van der Waals surface area contributed by atoms with E-state index in [4.69, 9.17) is 13.9 Å². The number of ether oxygens (including phenoxy) is 1. The predicted octanol–water partition coefficient (Wildman–Crippen LogP) is 2.63. The molecule has 0 aliphatic carbocycles. The largest absolute Gasteiger partial charge is 0.750 e. The fourth-order valence-electron chi connectivity index (χ4n) is 3.42. The Morgan fingerprint density at radius 1 is 1.30 bits per heavy atom. The molecule has 3 atom stereocenters. The number of benzene rings is 1. The number of anilines is 1. The highest BCUT2D eigenvalue weighted by molar-refractivity contribution is 7.74. The monoisotopic (exact) mass is 428 g/mol. The number of nitrogens with one attached hydrogen (secondary N) is 1. The number of nitrogens with zero attached hydrogens (tertiary/aromatic N) is 4. The fourth-order valence-corrected chi connectivity index (χ4v) is 3.75. The zero-order valence-electron chi connectivity index (χ0n) is 16.6. The van der Waals surface area contributed by atoms with Crippen LogP contribution in [0.4, 0.5) is 5.82 Å². The first-order valence-corrected chi connectivity index (χ1v) is 10.6. The molecule has 1 saturated heterocycles. The Bertz CT molecular complexity index is 1030. The van der Waals surface area contributed by atoms with E-state index < -0.39 is 17.5 Å². The highest BCUT2D eigenvalue weighted by Crippen LogP contribution is 2.29. The van der Waals surface area contributed by atoms with Gasteiger partial charge in [0.05, 0.1) is 42.5 Å². The molecule has 10 heteroatoms. The van der Waals surface area contributed by atoms with Gasteiger partial charge < -0.3 is 14.2 Å². The normalized spacial score (nSPS) is 18.9. The van der Waals surface area contributed by atoms with Crippen molar-refractivity contribution < 1.29 is 17.7 Å². The summed E-state index contributed by atoms with van der Waals surface area (Å²) >= 11 is -2.64. The van der Waals surface area contributed by atoms with Gasteiger partial charge >= 0.3 is 0 Å². The fraction of sp³-hybridized carbons (Fsp3) is 0.350. The first kappa shape index (κ1) is 20.6. The van der Waals surface area contributed by atoms with Gasteiger partial charge in [0.2, 0.25) is 0 Å². The van der Waals surface area contributed by atoms with Gasteiger partial charge in [0.25, 0.3) is 0 Å². The van der Waals surface area contributed by atoms with E-state index in [2.05, 4.69) is 27.0 Å². The van der Waals surface area contributed by atoms with Crippen LogP contribution in [-0.2, 0) is 20.3 Å². The second kappa shape index (κ2) is 9.00. The van der Waals surface area contributed by atoms with Crippen LogP contribution in [0.5, 0.6) is 0 Å². The topological polar surface area (TPSA) is 116 Å². The number of hydrogen-bond acceptors (Lipinski definition) is 8. The van der Waals surface area contributed by atoms with Crippen molar-refractivity contribution in [3.63, 3.8) is 0 Å². The lowest BCUT2D eigenvalue weighted by atomic mass is 10.1. The number of morpholine rings is 1. The van der Waals surface area contributed by atoms with E-state index in [0.717, 1.165) is 16.7 Å². The van der Waals surface area contributed by atoms with Crippen LogP contribution in [0, 0.1) is 0 Å². The molecule has 30 heavy (non-hydrogen) atoms. The molecule has 158 valence electrons. The average Bonchev–Trinajstić information content (AvgIpc) is 3.28. The van der Waals surface area contributed by atoms with Crippen LogP contribution in [-0.4, -0.2) is 54.7 Å². The predicted molar refractivity (Wildman–Crippen MR) is 111 cm³/mol. The molecule has 3 aromatic rings. The second-order valence-corrected chi connectivity index (χ2v) is 7.70. The maximum absolute atomic E-state index is 11.1. The SMILES string of the molecule is CC(OS(=O)[O-])c1cc(N2CCOC[C@@H]2C)nc(-c2cccc(-c3cn[nH]c3)c2)n1. The molecule has 0 bridgehead atoms. The minimum absolute atomic E-state index is 0.136. The number of aromatic nitrogens is 4. The highest BCUT2D eigenvalue weighted by Gasteiger charge is 2.23. The molecule has 1 fully saturated rings. The van der Waals surface area contributed by atoms with Gasteiger partial charge in [-0.3, -0.25) is 9.28 Å². The summed E-state index contributed by atoms with van der Waals surface area (Å²) in [6.45, 7) is 5.60. The van der Waals surface area contributed by atoms with Crippen LogP contribution in [0.1, 0.15) is 25.6 Å². The Labute approximate surface area is 177 Å². The molecule has 1 N–H and O–H groups in total. The molecule has 0 radical (unpaired) electrons. The van der Waals surface area contributed by atoms with Crippen molar-refractivity contribution in [3.05, 3.63) is 48.4 Å². The third kappa shape index (κ3) is 4.57. The van der Waals surface area contributed by atoms with Gasteiger partial charge in [-0.25, -0.2) is 14.2 Å². The molecule has 2 aromatic heterocycles. The third-order valence-corrected chi connectivity index (χ3v) is 5.43. The molecule has 4 rings (SSSR count). The van der Waals surface area contributed by atoms with Gasteiger partial charge in [-0.2, -0.15) is 5.10 Å². The van der Waals surface area contributed by atoms with Gasteiger partial charge in [-0.15, -0.1) is 0 Å². The Hall–Kier alpha value is -2.66. The van der Waals surface area contributed by atoms with E-state index >= 15 is 0 Å². The standard InChI is InChI=1S/C20H23N5O4S/c1-13-12-28-7-6-25(13)19-9-18(14(2)29-30(26)27)23-20(24-19)16-5-3-4-15(8-16)17-10-21-22-11-17/h3-5,8-11,13-14H,6-7,12H2,1-2H3,(H,21,22)(H,26,27)/p-1/t13-,14?/m0/s1. The molecule has 1 aliphatic heterocycles. The Morgan fingerprint density at radius 3 is 2.87 bits per heavy atom. The van der Waals surface area contributed by atoms with Gasteiger partial charge in [0.15, 0.2) is 5.82 Å². The van der Waals surface area contributed by atoms with E-state index in [-0.39, 0.29) is 6.04 Å². The number of aromatic amines is 1. The van der Waals surface area contributed by atoms with Crippen molar-refractivity contribution in [1.82, 2.24) is 20.2 Å². The summed E-state index contributed by atoms with van der Waals surface area (Å²) in [4.78, 5) is 11.5. The average molecular weight is 428 g/mol. The van der Waals surface area contributed by atoms with E-state index in [1.54, 1.807) is 19.2 Å². The minimum atomic E-state index is -2.64. The molecule has 1 aromatic carbocycles. The molecule has 0 saturated carbocycles. The Balaban J connectivity index is 1.77. The van der Waals surface area contributed by atoms with Gasteiger partial charge in [0, 0.05) is 29.9 Å². The summed E-state index contributed by atoms with van der Waals surface area (Å²) in [6.07, 6.45) is 2.82. The second-order valence-electron chi connectivity index (χ2n) is 7.10. The summed E-state index contributed by atoms with van der Waals surface area (Å²) in [6, 6.07) is 9.73. The van der Waals surface area contributed by atoms with Crippen molar-refractivity contribution in [2.75, 3.05) is 24.7 Å². The molecule has 0 amide bonds. The molecule has 3 heterocycles. The lowest BCUT2D eigenvalue weighted by Crippen LogP contribution is -2.44. The quantitative estimate of drug-likeness (QED) is 0.596. The smallest absolute Gasteiger partial charge is 0.161 e. The van der Waals surface area contributed by atoms with Crippen LogP contribution in [0.25, 0.3) is 22.5 Å². The van der Waals surface area contributed by atoms with Crippen molar-refractivity contribution in [2.45, 2.75) is 26.0 Å². The summed E-state index contributed by atoms with van der Waals surface area (Å²) in [5.41, 5.74) is 3.23. The zero-order chi connectivity index (χ0) is 21.1. The van der Waals surface area contributed by atoms with E-state index in [0.29, 0.717) is 37.1 Å². The zero-order valence-corrected chi connectivity index (χ0v) is 17.5. The molecule has 9 nitrogen and oxygen atoms in total. The molecular formula is C20H22N5O4S-. The van der Waals surface area contributed by atoms with Gasteiger partial charge in [-0.05, 0) is 25.5 Å². The Kier molecular flexibility index (Phi) is 6.18. The van der Waals surface area contributed by atoms with Crippen molar-refractivity contribution in [3.8, 4) is 22.5 Å². The summed E-state index contributed by atoms with van der Waals surface area (Å²) in [7, 11) is 0.